The standard InChI is InChI=1S/C18H16F2N4OS2/c1-10-5-3-8-14(11(10)2)21-17-23-24-18(27-17)26-9-15(25)22-16-12(19)6-4-7-13(16)20/h3-8H,9H2,1-2H3,(H,21,23)(H,22,25). The van der Waals surface area contributed by atoms with Crippen molar-refractivity contribution in [2.45, 2.75) is 18.2 Å². The second-order valence-electron chi connectivity index (χ2n) is 5.68. The average molecular weight is 406 g/mol. The first-order chi connectivity index (χ1) is 12.9. The quantitative estimate of drug-likeness (QED) is 0.570. The molecule has 1 amide bonds. The summed E-state index contributed by atoms with van der Waals surface area (Å²) in [6.45, 7) is 4.04. The van der Waals surface area contributed by atoms with Crippen LogP contribution in [0.15, 0.2) is 40.7 Å². The molecule has 0 atom stereocenters. The fourth-order valence-corrected chi connectivity index (χ4v) is 3.80. The number of rotatable bonds is 6. The van der Waals surface area contributed by atoms with Gasteiger partial charge >= 0.3 is 0 Å². The molecule has 9 heteroatoms. The number of benzene rings is 2. The molecule has 2 N–H and O–H groups in total. The van der Waals surface area contributed by atoms with E-state index in [1.54, 1.807) is 0 Å². The van der Waals surface area contributed by atoms with Crippen molar-refractivity contribution in [3.8, 4) is 0 Å². The Morgan fingerprint density at radius 2 is 1.81 bits per heavy atom. The van der Waals surface area contributed by atoms with Gasteiger partial charge in [0.1, 0.15) is 17.3 Å². The minimum Gasteiger partial charge on any atom is -0.330 e. The fourth-order valence-electron chi connectivity index (χ4n) is 2.24. The zero-order chi connectivity index (χ0) is 19.4. The summed E-state index contributed by atoms with van der Waals surface area (Å²) in [6, 6.07) is 9.34. The van der Waals surface area contributed by atoms with E-state index in [1.165, 1.54) is 17.4 Å². The summed E-state index contributed by atoms with van der Waals surface area (Å²) in [5.74, 6) is -2.19. The number of amides is 1. The molecule has 5 nitrogen and oxygen atoms in total. The van der Waals surface area contributed by atoms with Crippen LogP contribution in [0.25, 0.3) is 0 Å². The maximum absolute atomic E-state index is 13.6. The molecule has 0 unspecified atom stereocenters. The van der Waals surface area contributed by atoms with Gasteiger partial charge in [0.2, 0.25) is 11.0 Å². The first-order valence-electron chi connectivity index (χ1n) is 7.97. The van der Waals surface area contributed by atoms with Crippen LogP contribution in [0, 0.1) is 25.5 Å². The third-order valence-electron chi connectivity index (χ3n) is 3.81. The molecule has 1 aromatic heterocycles. The van der Waals surface area contributed by atoms with Crippen molar-refractivity contribution in [2.75, 3.05) is 16.4 Å². The third kappa shape index (κ3) is 4.81. The molecule has 3 aromatic rings. The number of anilines is 3. The summed E-state index contributed by atoms with van der Waals surface area (Å²) in [6.07, 6.45) is 0. The first-order valence-corrected chi connectivity index (χ1v) is 9.77. The second kappa shape index (κ2) is 8.45. The van der Waals surface area contributed by atoms with Gasteiger partial charge in [0.05, 0.1) is 5.75 Å². The van der Waals surface area contributed by atoms with Gasteiger partial charge in [0, 0.05) is 5.69 Å². The number of hydrogen-bond acceptors (Lipinski definition) is 6. The van der Waals surface area contributed by atoms with Crippen LogP contribution < -0.4 is 10.6 Å². The Morgan fingerprint density at radius 3 is 2.56 bits per heavy atom. The highest BCUT2D eigenvalue weighted by molar-refractivity contribution is 8.01. The van der Waals surface area contributed by atoms with Crippen LogP contribution in [0.5, 0.6) is 0 Å². The molecule has 0 aliphatic carbocycles. The number of hydrogen-bond donors (Lipinski definition) is 2. The van der Waals surface area contributed by atoms with Crippen molar-refractivity contribution < 1.29 is 13.6 Å². The molecule has 0 bridgehead atoms. The van der Waals surface area contributed by atoms with Gasteiger partial charge in [-0.3, -0.25) is 4.79 Å². The number of aryl methyl sites for hydroxylation is 1. The van der Waals surface area contributed by atoms with Crippen molar-refractivity contribution in [1.29, 1.82) is 0 Å². The lowest BCUT2D eigenvalue weighted by Crippen LogP contribution is -2.16. The molecule has 27 heavy (non-hydrogen) atoms. The molecule has 3 rings (SSSR count). The highest BCUT2D eigenvalue weighted by Crippen LogP contribution is 2.29. The van der Waals surface area contributed by atoms with Crippen LogP contribution >= 0.6 is 23.1 Å². The molecule has 0 aliphatic rings. The summed E-state index contributed by atoms with van der Waals surface area (Å²) < 4.78 is 27.7. The van der Waals surface area contributed by atoms with Gasteiger partial charge in [-0.2, -0.15) is 0 Å². The molecule has 140 valence electrons. The highest BCUT2D eigenvalue weighted by atomic mass is 32.2. The van der Waals surface area contributed by atoms with Crippen molar-refractivity contribution in [3.05, 3.63) is 59.2 Å². The molecule has 0 spiro atoms. The molecular weight excluding hydrogens is 390 g/mol. The highest BCUT2D eigenvalue weighted by Gasteiger charge is 2.14. The van der Waals surface area contributed by atoms with Crippen LogP contribution in [0.3, 0.4) is 0 Å². The van der Waals surface area contributed by atoms with E-state index in [9.17, 15) is 13.6 Å². The molecule has 0 radical (unpaired) electrons. The number of thioether (sulfide) groups is 1. The third-order valence-corrected chi connectivity index (χ3v) is 5.78. The van der Waals surface area contributed by atoms with Crippen LogP contribution in [0.4, 0.5) is 25.3 Å². The average Bonchev–Trinajstić information content (AvgIpc) is 3.08. The Bertz CT molecular complexity index is 957. The van der Waals surface area contributed by atoms with Crippen LogP contribution in [0.2, 0.25) is 0 Å². The topological polar surface area (TPSA) is 66.9 Å². The van der Waals surface area contributed by atoms with Crippen molar-refractivity contribution >= 4 is 45.5 Å². The monoisotopic (exact) mass is 406 g/mol. The van der Waals surface area contributed by atoms with Crippen LogP contribution in [-0.4, -0.2) is 21.9 Å². The van der Waals surface area contributed by atoms with Crippen molar-refractivity contribution in [1.82, 2.24) is 10.2 Å². The molecular formula is C18H16F2N4OS2. The molecule has 0 saturated heterocycles. The Balaban J connectivity index is 1.58. The Labute approximate surface area is 163 Å². The SMILES string of the molecule is Cc1cccc(Nc2nnc(SCC(=O)Nc3c(F)cccc3F)s2)c1C. The molecule has 0 fully saturated rings. The van der Waals surface area contributed by atoms with E-state index < -0.39 is 23.2 Å². The predicted molar refractivity (Wildman–Crippen MR) is 105 cm³/mol. The maximum atomic E-state index is 13.6. The number of carbonyl (C=O) groups is 1. The molecule has 2 aromatic carbocycles. The summed E-state index contributed by atoms with van der Waals surface area (Å²) >= 11 is 2.44. The Hall–Kier alpha value is -2.52. The largest absolute Gasteiger partial charge is 0.330 e. The lowest BCUT2D eigenvalue weighted by Gasteiger charge is -2.08. The fraction of sp³-hybridized carbons (Fsp3) is 0.167. The van der Waals surface area contributed by atoms with E-state index in [0.29, 0.717) is 9.47 Å². The maximum Gasteiger partial charge on any atom is 0.234 e. The minimum atomic E-state index is -0.815. The number of nitrogens with one attached hydrogen (secondary N) is 2. The van der Waals surface area contributed by atoms with Crippen molar-refractivity contribution in [3.63, 3.8) is 0 Å². The first kappa shape index (κ1) is 19.2. The van der Waals surface area contributed by atoms with Gasteiger partial charge in [-0.1, -0.05) is 41.3 Å². The van der Waals surface area contributed by atoms with E-state index in [1.807, 2.05) is 32.0 Å². The van der Waals surface area contributed by atoms with Gasteiger partial charge in [0.25, 0.3) is 0 Å². The Morgan fingerprint density at radius 1 is 1.11 bits per heavy atom. The zero-order valence-electron chi connectivity index (χ0n) is 14.5. The van der Waals surface area contributed by atoms with E-state index in [0.717, 1.165) is 40.7 Å². The van der Waals surface area contributed by atoms with E-state index >= 15 is 0 Å². The normalized spacial score (nSPS) is 10.7. The van der Waals surface area contributed by atoms with E-state index in [4.69, 9.17) is 0 Å². The van der Waals surface area contributed by atoms with E-state index in [2.05, 4.69) is 20.8 Å². The molecule has 0 saturated carbocycles. The van der Waals surface area contributed by atoms with Crippen LogP contribution in [0.1, 0.15) is 11.1 Å². The van der Waals surface area contributed by atoms with E-state index in [-0.39, 0.29) is 5.75 Å². The minimum absolute atomic E-state index is 0.0358. The van der Waals surface area contributed by atoms with Crippen LogP contribution in [-0.2, 0) is 4.79 Å². The number of carbonyl (C=O) groups excluding carboxylic acids is 1. The molecule has 0 aliphatic heterocycles. The number of para-hydroxylation sites is 1. The summed E-state index contributed by atoms with van der Waals surface area (Å²) in [5, 5.41) is 14.1. The number of aromatic nitrogens is 2. The lowest BCUT2D eigenvalue weighted by atomic mass is 10.1. The van der Waals surface area contributed by atoms with Gasteiger partial charge < -0.3 is 10.6 Å². The van der Waals surface area contributed by atoms with Crippen molar-refractivity contribution in [2.24, 2.45) is 0 Å². The van der Waals surface area contributed by atoms with Gasteiger partial charge in [-0.05, 0) is 43.2 Å². The number of halogens is 2. The number of nitrogens with zero attached hydrogens (tertiary/aromatic N) is 2. The van der Waals surface area contributed by atoms with Gasteiger partial charge in [0.15, 0.2) is 4.34 Å². The summed E-state index contributed by atoms with van der Waals surface area (Å²) in [4.78, 5) is 11.9. The summed E-state index contributed by atoms with van der Waals surface area (Å²) in [7, 11) is 0. The smallest absolute Gasteiger partial charge is 0.234 e. The van der Waals surface area contributed by atoms with Gasteiger partial charge in [-0.25, -0.2) is 8.78 Å². The zero-order valence-corrected chi connectivity index (χ0v) is 16.2. The summed E-state index contributed by atoms with van der Waals surface area (Å²) in [5.41, 5.74) is 2.78. The lowest BCUT2D eigenvalue weighted by molar-refractivity contribution is -0.113. The molecule has 1 heterocycles. The Kier molecular flexibility index (Phi) is 6.02. The second-order valence-corrected chi connectivity index (χ2v) is 7.88. The predicted octanol–water partition coefficient (Wildman–Crippen LogP) is 4.91. The van der Waals surface area contributed by atoms with Gasteiger partial charge in [-0.15, -0.1) is 10.2 Å².